The van der Waals surface area contributed by atoms with Gasteiger partial charge in [-0.3, -0.25) is 0 Å². The number of hydrogen-bond donors (Lipinski definition) is 0. The second-order valence-corrected chi connectivity index (χ2v) is 6.00. The number of rotatable bonds is 5. The Labute approximate surface area is 110 Å². The van der Waals surface area contributed by atoms with Gasteiger partial charge in [-0.2, -0.15) is 0 Å². The van der Waals surface area contributed by atoms with Crippen molar-refractivity contribution in [3.05, 3.63) is 30.3 Å². The van der Waals surface area contributed by atoms with Gasteiger partial charge in [-0.1, -0.05) is 43.9 Å². The lowest BCUT2D eigenvalue weighted by atomic mass is 10.2. The number of sulfonamides is 1. The van der Waals surface area contributed by atoms with Crippen molar-refractivity contribution < 1.29 is 8.42 Å². The molecular formula is C14H19NO2S. The predicted octanol–water partition coefficient (Wildman–Crippen LogP) is 2.85. The quantitative estimate of drug-likeness (QED) is 0.466. The number of nitrogens with zero attached hydrogens (tertiary/aromatic N) is 1. The molecule has 1 aromatic carbocycles. The van der Waals surface area contributed by atoms with Crippen LogP contribution in [0.1, 0.15) is 32.6 Å². The summed E-state index contributed by atoms with van der Waals surface area (Å²) in [6.07, 6.45) is 4.02. The van der Waals surface area contributed by atoms with Gasteiger partial charge in [0.25, 0.3) is 10.0 Å². The van der Waals surface area contributed by atoms with Gasteiger partial charge < -0.3 is 0 Å². The largest absolute Gasteiger partial charge is 0.270 e. The molecule has 0 amide bonds. The minimum atomic E-state index is -3.47. The molecule has 18 heavy (non-hydrogen) atoms. The van der Waals surface area contributed by atoms with Crippen LogP contribution in [-0.2, 0) is 10.0 Å². The Hall–Kier alpha value is -1.47. The maximum atomic E-state index is 12.1. The first-order valence-electron chi connectivity index (χ1n) is 6.11. The molecule has 0 fully saturated rings. The summed E-state index contributed by atoms with van der Waals surface area (Å²) in [5.74, 6) is 2.89. The van der Waals surface area contributed by atoms with Gasteiger partial charge >= 0.3 is 0 Å². The summed E-state index contributed by atoms with van der Waals surface area (Å²) < 4.78 is 25.2. The van der Waals surface area contributed by atoms with Crippen molar-refractivity contribution >= 4 is 10.0 Å². The van der Waals surface area contributed by atoms with E-state index in [1.165, 1.54) is 7.05 Å². The van der Waals surface area contributed by atoms with Gasteiger partial charge in [0.05, 0.1) is 4.90 Å². The van der Waals surface area contributed by atoms with E-state index < -0.39 is 10.0 Å². The first kappa shape index (κ1) is 14.6. The third-order valence-electron chi connectivity index (χ3n) is 2.54. The van der Waals surface area contributed by atoms with Gasteiger partial charge in [-0.15, -0.1) is 0 Å². The lowest BCUT2D eigenvalue weighted by Crippen LogP contribution is -2.21. The topological polar surface area (TPSA) is 37.4 Å². The SMILES string of the molecule is CCCCCC#CN(C)S(=O)(=O)c1ccccc1. The molecule has 0 atom stereocenters. The Balaban J connectivity index is 2.69. The van der Waals surface area contributed by atoms with Gasteiger partial charge in [-0.25, -0.2) is 12.7 Å². The molecule has 0 spiro atoms. The summed E-state index contributed by atoms with van der Waals surface area (Å²) in [6.45, 7) is 2.12. The van der Waals surface area contributed by atoms with Crippen molar-refractivity contribution in [2.45, 2.75) is 37.5 Å². The van der Waals surface area contributed by atoms with Crippen molar-refractivity contribution in [3.63, 3.8) is 0 Å². The van der Waals surface area contributed by atoms with Crippen LogP contribution in [0.25, 0.3) is 0 Å². The van der Waals surface area contributed by atoms with Crippen LogP contribution in [0.3, 0.4) is 0 Å². The molecule has 0 heterocycles. The van der Waals surface area contributed by atoms with Crippen LogP contribution < -0.4 is 0 Å². The molecule has 1 rings (SSSR count). The highest BCUT2D eigenvalue weighted by atomic mass is 32.2. The zero-order valence-electron chi connectivity index (χ0n) is 10.9. The average Bonchev–Trinajstić information content (AvgIpc) is 2.39. The summed E-state index contributed by atoms with van der Waals surface area (Å²) in [5, 5.41) is 0. The van der Waals surface area contributed by atoms with Gasteiger partial charge in [0, 0.05) is 19.5 Å². The predicted molar refractivity (Wildman–Crippen MR) is 73.3 cm³/mol. The van der Waals surface area contributed by atoms with E-state index in [9.17, 15) is 8.42 Å². The summed E-state index contributed by atoms with van der Waals surface area (Å²) in [4.78, 5) is 0.273. The molecule has 0 aliphatic carbocycles. The zero-order valence-corrected chi connectivity index (χ0v) is 11.7. The monoisotopic (exact) mass is 265 g/mol. The minimum absolute atomic E-state index is 0.273. The second kappa shape index (κ2) is 7.07. The van der Waals surface area contributed by atoms with Crippen molar-refractivity contribution in [2.75, 3.05) is 7.05 Å². The maximum absolute atomic E-state index is 12.1. The Morgan fingerprint density at radius 2 is 1.83 bits per heavy atom. The summed E-state index contributed by atoms with van der Waals surface area (Å²) in [7, 11) is -1.99. The Morgan fingerprint density at radius 3 is 2.44 bits per heavy atom. The fourth-order valence-electron chi connectivity index (χ4n) is 1.44. The molecule has 0 N–H and O–H groups in total. The van der Waals surface area contributed by atoms with E-state index >= 15 is 0 Å². The molecule has 4 heteroatoms. The van der Waals surface area contributed by atoms with E-state index in [-0.39, 0.29) is 4.90 Å². The van der Waals surface area contributed by atoms with E-state index in [1.54, 1.807) is 30.3 Å². The van der Waals surface area contributed by atoms with Crippen molar-refractivity contribution in [1.29, 1.82) is 0 Å². The van der Waals surface area contributed by atoms with Gasteiger partial charge in [0.2, 0.25) is 0 Å². The van der Waals surface area contributed by atoms with E-state index in [2.05, 4.69) is 18.9 Å². The fourth-order valence-corrected chi connectivity index (χ4v) is 2.44. The molecular weight excluding hydrogens is 246 g/mol. The first-order chi connectivity index (χ1) is 8.59. The average molecular weight is 265 g/mol. The smallest absolute Gasteiger partial charge is 0.228 e. The highest BCUT2D eigenvalue weighted by Crippen LogP contribution is 2.12. The number of unbranched alkanes of at least 4 members (excludes halogenated alkanes) is 3. The maximum Gasteiger partial charge on any atom is 0.270 e. The van der Waals surface area contributed by atoms with Crippen LogP contribution in [0.5, 0.6) is 0 Å². The third-order valence-corrected chi connectivity index (χ3v) is 4.22. The van der Waals surface area contributed by atoms with E-state index in [4.69, 9.17) is 0 Å². The lowest BCUT2D eigenvalue weighted by molar-refractivity contribution is 0.546. The van der Waals surface area contributed by atoms with Gasteiger partial charge in [0.1, 0.15) is 0 Å². The molecule has 0 aliphatic heterocycles. The molecule has 0 aliphatic rings. The van der Waals surface area contributed by atoms with Crippen LogP contribution in [-0.4, -0.2) is 19.8 Å². The molecule has 0 unspecified atom stereocenters. The summed E-state index contributed by atoms with van der Waals surface area (Å²) in [6, 6.07) is 11.0. The zero-order chi connectivity index (χ0) is 13.4. The fraction of sp³-hybridized carbons (Fsp3) is 0.429. The molecule has 1 aromatic rings. The summed E-state index contributed by atoms with van der Waals surface area (Å²) in [5.41, 5.74) is 0. The van der Waals surface area contributed by atoms with Crippen LogP contribution in [0, 0.1) is 12.0 Å². The number of hydrogen-bond acceptors (Lipinski definition) is 2. The van der Waals surface area contributed by atoms with E-state index in [0.717, 1.165) is 30.0 Å². The van der Waals surface area contributed by atoms with E-state index in [0.29, 0.717) is 0 Å². The van der Waals surface area contributed by atoms with Crippen LogP contribution in [0.15, 0.2) is 35.2 Å². The Bertz CT molecular complexity index is 512. The van der Waals surface area contributed by atoms with Crippen LogP contribution in [0.2, 0.25) is 0 Å². The molecule has 0 saturated carbocycles. The highest BCUT2D eigenvalue weighted by Gasteiger charge is 2.17. The molecule has 0 bridgehead atoms. The first-order valence-corrected chi connectivity index (χ1v) is 7.55. The standard InChI is InChI=1S/C14H19NO2S/c1-3-4-5-6-10-13-15(2)18(16,17)14-11-8-7-9-12-14/h7-9,11-12H,3-6H2,1-2H3. The molecule has 0 saturated heterocycles. The molecule has 0 aromatic heterocycles. The highest BCUT2D eigenvalue weighted by molar-refractivity contribution is 7.89. The Morgan fingerprint density at radius 1 is 1.17 bits per heavy atom. The normalized spacial score (nSPS) is 10.6. The van der Waals surface area contributed by atoms with Crippen LogP contribution in [0.4, 0.5) is 0 Å². The lowest BCUT2D eigenvalue weighted by Gasteiger charge is -2.11. The summed E-state index contributed by atoms with van der Waals surface area (Å²) >= 11 is 0. The van der Waals surface area contributed by atoms with Crippen molar-refractivity contribution in [2.24, 2.45) is 0 Å². The third kappa shape index (κ3) is 4.08. The van der Waals surface area contributed by atoms with Gasteiger partial charge in [0.15, 0.2) is 0 Å². The van der Waals surface area contributed by atoms with E-state index in [1.807, 2.05) is 0 Å². The molecule has 3 nitrogen and oxygen atoms in total. The molecule has 0 radical (unpaired) electrons. The molecule has 98 valence electrons. The van der Waals surface area contributed by atoms with Crippen molar-refractivity contribution in [1.82, 2.24) is 4.31 Å². The van der Waals surface area contributed by atoms with Crippen LogP contribution >= 0.6 is 0 Å². The van der Waals surface area contributed by atoms with Gasteiger partial charge in [-0.05, 0) is 18.6 Å². The second-order valence-electron chi connectivity index (χ2n) is 4.03. The van der Waals surface area contributed by atoms with Crippen molar-refractivity contribution in [3.8, 4) is 12.0 Å². The number of benzene rings is 1. The Kier molecular flexibility index (Phi) is 5.73. The minimum Gasteiger partial charge on any atom is -0.228 e.